The fourth-order valence-electron chi connectivity index (χ4n) is 2.70. The van der Waals surface area contributed by atoms with E-state index in [9.17, 15) is 10.1 Å². The van der Waals surface area contributed by atoms with E-state index >= 15 is 0 Å². The van der Waals surface area contributed by atoms with Crippen molar-refractivity contribution in [1.29, 1.82) is 0 Å². The third-order valence-corrected chi connectivity index (χ3v) is 3.66. The van der Waals surface area contributed by atoms with Crippen molar-refractivity contribution in [2.24, 2.45) is 0 Å². The normalized spacial score (nSPS) is 19.7. The maximum absolute atomic E-state index is 11.0. The zero-order valence-electron chi connectivity index (χ0n) is 10.6. The lowest BCUT2D eigenvalue weighted by atomic mass is 10.1. The summed E-state index contributed by atoms with van der Waals surface area (Å²) in [5.74, 6) is 0. The van der Waals surface area contributed by atoms with Crippen LogP contribution < -0.4 is 0 Å². The zero-order chi connectivity index (χ0) is 13.2. The van der Waals surface area contributed by atoms with Crippen LogP contribution in [-0.2, 0) is 11.3 Å². The molecule has 3 rings (SSSR count). The molecule has 2 aromatic rings. The molecule has 0 amide bonds. The summed E-state index contributed by atoms with van der Waals surface area (Å²) in [4.78, 5) is 10.7. The van der Waals surface area contributed by atoms with Gasteiger partial charge in [0.15, 0.2) is 0 Å². The van der Waals surface area contributed by atoms with E-state index in [0.717, 1.165) is 31.5 Å². The molecule has 0 radical (unpaired) electrons. The molecular weight excluding hydrogens is 244 g/mol. The quantitative estimate of drug-likeness (QED) is 0.629. The van der Waals surface area contributed by atoms with Crippen LogP contribution in [0.1, 0.15) is 19.3 Å². The van der Waals surface area contributed by atoms with Crippen molar-refractivity contribution in [3.05, 3.63) is 40.6 Å². The lowest BCUT2D eigenvalue weighted by Crippen LogP contribution is -2.24. The molecule has 19 heavy (non-hydrogen) atoms. The largest absolute Gasteiger partial charge is 0.376 e. The van der Waals surface area contributed by atoms with Gasteiger partial charge in [0.1, 0.15) is 0 Å². The average Bonchev–Trinajstić information content (AvgIpc) is 2.83. The minimum Gasteiger partial charge on any atom is -0.376 e. The van der Waals surface area contributed by atoms with E-state index in [-0.39, 0.29) is 16.7 Å². The van der Waals surface area contributed by atoms with Gasteiger partial charge in [0.25, 0.3) is 5.69 Å². The minimum atomic E-state index is -0.330. The molecule has 0 spiro atoms. The van der Waals surface area contributed by atoms with Crippen LogP contribution in [0.25, 0.3) is 10.9 Å². The van der Waals surface area contributed by atoms with Gasteiger partial charge in [-0.05, 0) is 31.4 Å². The highest BCUT2D eigenvalue weighted by Gasteiger charge is 2.18. The number of nitro benzene ring substituents is 1. The summed E-state index contributed by atoms with van der Waals surface area (Å²) in [6.07, 6.45) is 5.53. The number of ether oxygens (including phenoxy) is 1. The fraction of sp³-hybridized carbons (Fsp3) is 0.429. The molecule has 5 nitrogen and oxygen atoms in total. The van der Waals surface area contributed by atoms with Crippen LogP contribution in [0.15, 0.2) is 30.5 Å². The molecule has 0 bridgehead atoms. The lowest BCUT2D eigenvalue weighted by Gasteiger charge is -2.23. The number of non-ortho nitro benzene ring substituents is 1. The van der Waals surface area contributed by atoms with Gasteiger partial charge in [0.2, 0.25) is 0 Å². The van der Waals surface area contributed by atoms with E-state index in [0.29, 0.717) is 5.39 Å². The maximum Gasteiger partial charge on any atom is 0.278 e. The van der Waals surface area contributed by atoms with Gasteiger partial charge >= 0.3 is 0 Å². The SMILES string of the molecule is O=[N+]([O-])c1cccc2c1ccn2CC1CCCCO1. The molecule has 1 fully saturated rings. The molecule has 1 atom stereocenters. The first-order valence-electron chi connectivity index (χ1n) is 6.59. The Bertz CT molecular complexity index is 600. The number of hydrogen-bond acceptors (Lipinski definition) is 3. The van der Waals surface area contributed by atoms with E-state index < -0.39 is 0 Å². The van der Waals surface area contributed by atoms with Crippen molar-refractivity contribution in [2.45, 2.75) is 31.9 Å². The molecule has 1 aromatic carbocycles. The van der Waals surface area contributed by atoms with E-state index in [4.69, 9.17) is 4.74 Å². The Morgan fingerprint density at radius 2 is 2.26 bits per heavy atom. The standard InChI is InChI=1S/C14H16N2O3/c17-16(18)14-6-3-5-13-12(14)7-8-15(13)10-11-4-1-2-9-19-11/h3,5-8,11H,1-2,4,9-10H2. The van der Waals surface area contributed by atoms with Crippen molar-refractivity contribution in [3.63, 3.8) is 0 Å². The summed E-state index contributed by atoms with van der Waals surface area (Å²) >= 11 is 0. The van der Waals surface area contributed by atoms with Gasteiger partial charge < -0.3 is 9.30 Å². The van der Waals surface area contributed by atoms with Crippen molar-refractivity contribution in [1.82, 2.24) is 4.57 Å². The van der Waals surface area contributed by atoms with Gasteiger partial charge in [-0.3, -0.25) is 10.1 Å². The van der Waals surface area contributed by atoms with Crippen molar-refractivity contribution in [2.75, 3.05) is 6.61 Å². The number of aromatic nitrogens is 1. The molecule has 2 heterocycles. The van der Waals surface area contributed by atoms with Crippen molar-refractivity contribution >= 4 is 16.6 Å². The summed E-state index contributed by atoms with van der Waals surface area (Å²) in [6, 6.07) is 7.02. The number of rotatable bonds is 3. The van der Waals surface area contributed by atoms with Crippen molar-refractivity contribution < 1.29 is 9.66 Å². The average molecular weight is 260 g/mol. The Labute approximate surface area is 110 Å². The van der Waals surface area contributed by atoms with Gasteiger partial charge in [-0.25, -0.2) is 0 Å². The van der Waals surface area contributed by atoms with Crippen LogP contribution in [0.4, 0.5) is 5.69 Å². The lowest BCUT2D eigenvalue weighted by molar-refractivity contribution is -0.383. The first-order valence-corrected chi connectivity index (χ1v) is 6.59. The molecule has 1 aromatic heterocycles. The molecule has 0 aliphatic carbocycles. The summed E-state index contributed by atoms with van der Waals surface area (Å²) in [7, 11) is 0. The van der Waals surface area contributed by atoms with E-state index in [1.54, 1.807) is 12.1 Å². The Hall–Kier alpha value is -1.88. The molecule has 100 valence electrons. The van der Waals surface area contributed by atoms with Gasteiger partial charge in [0.05, 0.1) is 21.9 Å². The van der Waals surface area contributed by atoms with E-state index in [2.05, 4.69) is 4.57 Å². The monoisotopic (exact) mass is 260 g/mol. The predicted molar refractivity (Wildman–Crippen MR) is 72.2 cm³/mol. The summed E-state index contributed by atoms with van der Waals surface area (Å²) in [5, 5.41) is 11.7. The fourth-order valence-corrected chi connectivity index (χ4v) is 2.70. The molecule has 0 N–H and O–H groups in total. The molecule has 1 saturated heterocycles. The van der Waals surface area contributed by atoms with Crippen molar-refractivity contribution in [3.8, 4) is 0 Å². The third kappa shape index (κ3) is 2.33. The van der Waals surface area contributed by atoms with Crippen LogP contribution in [0.5, 0.6) is 0 Å². The third-order valence-electron chi connectivity index (χ3n) is 3.66. The van der Waals surface area contributed by atoms with Gasteiger partial charge in [-0.2, -0.15) is 0 Å². The summed E-state index contributed by atoms with van der Waals surface area (Å²) in [6.45, 7) is 1.59. The summed E-state index contributed by atoms with van der Waals surface area (Å²) < 4.78 is 7.78. The molecule has 1 aliphatic heterocycles. The Morgan fingerprint density at radius 1 is 1.37 bits per heavy atom. The highest BCUT2D eigenvalue weighted by atomic mass is 16.6. The maximum atomic E-state index is 11.0. The van der Waals surface area contributed by atoms with Crippen LogP contribution >= 0.6 is 0 Å². The second-order valence-electron chi connectivity index (χ2n) is 4.92. The van der Waals surface area contributed by atoms with E-state index in [1.165, 1.54) is 6.42 Å². The van der Waals surface area contributed by atoms with Crippen LogP contribution in [0.2, 0.25) is 0 Å². The predicted octanol–water partition coefficient (Wildman–Crippen LogP) is 3.12. The van der Waals surface area contributed by atoms with Crippen LogP contribution in [0.3, 0.4) is 0 Å². The Balaban J connectivity index is 1.92. The summed E-state index contributed by atoms with van der Waals surface area (Å²) in [5.41, 5.74) is 1.07. The number of nitrogens with zero attached hydrogens (tertiary/aromatic N) is 2. The van der Waals surface area contributed by atoms with Gasteiger partial charge in [0, 0.05) is 25.4 Å². The van der Waals surface area contributed by atoms with Crippen LogP contribution in [0, 0.1) is 10.1 Å². The van der Waals surface area contributed by atoms with Gasteiger partial charge in [-0.1, -0.05) is 6.07 Å². The first-order chi connectivity index (χ1) is 9.25. The zero-order valence-corrected chi connectivity index (χ0v) is 10.6. The van der Waals surface area contributed by atoms with E-state index in [1.807, 2.05) is 18.3 Å². The number of benzene rings is 1. The Morgan fingerprint density at radius 3 is 3.00 bits per heavy atom. The Kier molecular flexibility index (Phi) is 3.21. The topological polar surface area (TPSA) is 57.3 Å². The number of fused-ring (bicyclic) bond motifs is 1. The molecule has 0 saturated carbocycles. The second-order valence-corrected chi connectivity index (χ2v) is 4.92. The first kappa shape index (κ1) is 12.2. The number of hydrogen-bond donors (Lipinski definition) is 0. The minimum absolute atomic E-state index is 0.167. The van der Waals surface area contributed by atoms with Crippen LogP contribution in [-0.4, -0.2) is 22.2 Å². The molecule has 5 heteroatoms. The van der Waals surface area contributed by atoms with Gasteiger partial charge in [-0.15, -0.1) is 0 Å². The second kappa shape index (κ2) is 5.01. The number of nitro groups is 1. The highest BCUT2D eigenvalue weighted by Crippen LogP contribution is 2.27. The molecule has 1 aliphatic rings. The molecular formula is C14H16N2O3. The smallest absolute Gasteiger partial charge is 0.278 e. The molecule has 1 unspecified atom stereocenters. The highest BCUT2D eigenvalue weighted by molar-refractivity contribution is 5.89.